The molecular weight excluding hydrogens is 446 g/mol. The zero-order valence-corrected chi connectivity index (χ0v) is 20.6. The lowest BCUT2D eigenvalue weighted by Crippen LogP contribution is -2.53. The highest BCUT2D eigenvalue weighted by Crippen LogP contribution is 2.27. The number of nitrogens with zero attached hydrogens (tertiary/aromatic N) is 3. The molecule has 9 heteroatoms. The number of benzene rings is 1. The van der Waals surface area contributed by atoms with Gasteiger partial charge in [-0.25, -0.2) is 9.59 Å². The lowest BCUT2D eigenvalue weighted by Gasteiger charge is -2.40. The quantitative estimate of drug-likeness (QED) is 0.616. The number of amides is 2. The zero-order chi connectivity index (χ0) is 24.2. The van der Waals surface area contributed by atoms with E-state index in [-0.39, 0.29) is 23.9 Å². The molecule has 0 radical (unpaired) electrons. The van der Waals surface area contributed by atoms with E-state index in [0.29, 0.717) is 57.1 Å². The van der Waals surface area contributed by atoms with Crippen LogP contribution in [0.25, 0.3) is 0 Å². The highest BCUT2D eigenvalue weighted by molar-refractivity contribution is 6.30. The standard InChI is InChI=1S/C24H34ClN3O5/c1-24(2,3)33-23(31)28-11-9-18(10-12-28)21(29)27-15-13-26(14-16-27)20(22(30)32-4)17-5-7-19(25)8-6-17/h5-8,18,20H,9-16H2,1-4H3. The maximum absolute atomic E-state index is 13.1. The predicted molar refractivity (Wildman–Crippen MR) is 125 cm³/mol. The van der Waals surface area contributed by atoms with Crippen LogP contribution < -0.4 is 0 Å². The van der Waals surface area contributed by atoms with Crippen LogP contribution >= 0.6 is 11.6 Å². The number of likely N-dealkylation sites (tertiary alicyclic amines) is 1. The third kappa shape index (κ3) is 6.60. The van der Waals surface area contributed by atoms with Gasteiger partial charge in [-0.1, -0.05) is 23.7 Å². The van der Waals surface area contributed by atoms with Crippen LogP contribution in [0.1, 0.15) is 45.2 Å². The summed E-state index contributed by atoms with van der Waals surface area (Å²) < 4.78 is 10.5. The second-order valence-corrected chi connectivity index (χ2v) is 10.0. The Bertz CT molecular complexity index is 839. The van der Waals surface area contributed by atoms with Crippen molar-refractivity contribution in [1.82, 2.24) is 14.7 Å². The van der Waals surface area contributed by atoms with Gasteiger partial charge in [0, 0.05) is 50.2 Å². The fraction of sp³-hybridized carbons (Fsp3) is 0.625. The molecule has 3 rings (SSSR count). The summed E-state index contributed by atoms with van der Waals surface area (Å²) in [5, 5.41) is 0.607. The number of piperazine rings is 1. The normalized spacial score (nSPS) is 19.2. The minimum Gasteiger partial charge on any atom is -0.468 e. The number of esters is 1. The largest absolute Gasteiger partial charge is 0.468 e. The number of carbonyl (C=O) groups excluding carboxylic acids is 3. The molecule has 182 valence electrons. The Hall–Kier alpha value is -2.32. The van der Waals surface area contributed by atoms with Gasteiger partial charge in [-0.2, -0.15) is 0 Å². The van der Waals surface area contributed by atoms with Crippen molar-refractivity contribution in [3.63, 3.8) is 0 Å². The monoisotopic (exact) mass is 479 g/mol. The van der Waals surface area contributed by atoms with Crippen molar-refractivity contribution < 1.29 is 23.9 Å². The summed E-state index contributed by atoms with van der Waals surface area (Å²) in [5.41, 5.74) is 0.290. The lowest BCUT2D eigenvalue weighted by atomic mass is 9.95. The maximum Gasteiger partial charge on any atom is 0.410 e. The Labute approximate surface area is 200 Å². The summed E-state index contributed by atoms with van der Waals surface area (Å²) in [6, 6.07) is 6.66. The Morgan fingerprint density at radius 2 is 1.52 bits per heavy atom. The molecule has 0 aromatic heterocycles. The van der Waals surface area contributed by atoms with E-state index in [0.717, 1.165) is 5.56 Å². The van der Waals surface area contributed by atoms with Crippen molar-refractivity contribution in [2.45, 2.75) is 45.3 Å². The molecule has 2 aliphatic heterocycles. The molecule has 8 nitrogen and oxygen atoms in total. The SMILES string of the molecule is COC(=O)C(c1ccc(Cl)cc1)N1CCN(C(=O)C2CCN(C(=O)OC(C)(C)C)CC2)CC1. The minimum absolute atomic E-state index is 0.0945. The molecular formula is C24H34ClN3O5. The second-order valence-electron chi connectivity index (χ2n) is 9.58. The molecule has 2 saturated heterocycles. The Morgan fingerprint density at radius 3 is 2.03 bits per heavy atom. The number of hydrogen-bond acceptors (Lipinski definition) is 6. The molecule has 1 atom stereocenters. The van der Waals surface area contributed by atoms with E-state index in [1.165, 1.54) is 7.11 Å². The van der Waals surface area contributed by atoms with Gasteiger partial charge >= 0.3 is 12.1 Å². The topological polar surface area (TPSA) is 79.4 Å². The van der Waals surface area contributed by atoms with Crippen LogP contribution in [-0.4, -0.2) is 84.6 Å². The van der Waals surface area contributed by atoms with Gasteiger partial charge in [0.2, 0.25) is 5.91 Å². The van der Waals surface area contributed by atoms with Gasteiger partial charge in [-0.3, -0.25) is 9.69 Å². The number of ether oxygens (including phenoxy) is 2. The van der Waals surface area contributed by atoms with Crippen molar-refractivity contribution in [1.29, 1.82) is 0 Å². The molecule has 1 aromatic carbocycles. The van der Waals surface area contributed by atoms with Crippen LogP contribution in [0.2, 0.25) is 5.02 Å². The van der Waals surface area contributed by atoms with Crippen molar-refractivity contribution in [3.05, 3.63) is 34.9 Å². The first kappa shape index (κ1) is 25.3. The van der Waals surface area contributed by atoms with Crippen LogP contribution in [0.5, 0.6) is 0 Å². The summed E-state index contributed by atoms with van der Waals surface area (Å²) in [6.07, 6.45) is 0.944. The van der Waals surface area contributed by atoms with Gasteiger partial charge in [-0.15, -0.1) is 0 Å². The first-order valence-corrected chi connectivity index (χ1v) is 11.8. The predicted octanol–water partition coefficient (Wildman–Crippen LogP) is 3.35. The van der Waals surface area contributed by atoms with Gasteiger partial charge in [0.05, 0.1) is 7.11 Å². The average molecular weight is 480 g/mol. The van der Waals surface area contributed by atoms with Gasteiger partial charge in [-0.05, 0) is 51.3 Å². The van der Waals surface area contributed by atoms with Crippen molar-refractivity contribution in [3.8, 4) is 0 Å². The van der Waals surface area contributed by atoms with E-state index in [1.54, 1.807) is 17.0 Å². The van der Waals surface area contributed by atoms with E-state index in [2.05, 4.69) is 0 Å². The third-order valence-corrected chi connectivity index (χ3v) is 6.35. The van der Waals surface area contributed by atoms with Gasteiger partial charge < -0.3 is 19.3 Å². The number of methoxy groups -OCH3 is 1. The van der Waals surface area contributed by atoms with Gasteiger partial charge in [0.1, 0.15) is 11.6 Å². The van der Waals surface area contributed by atoms with Gasteiger partial charge in [0.15, 0.2) is 0 Å². The highest BCUT2D eigenvalue weighted by atomic mass is 35.5. The summed E-state index contributed by atoms with van der Waals surface area (Å²) in [5.74, 6) is -0.297. The number of halogens is 1. The number of rotatable bonds is 4. The Kier molecular flexibility index (Phi) is 8.23. The molecule has 1 aromatic rings. The van der Waals surface area contributed by atoms with Crippen LogP contribution in [0.4, 0.5) is 4.79 Å². The molecule has 0 bridgehead atoms. The van der Waals surface area contributed by atoms with E-state index >= 15 is 0 Å². The molecule has 0 spiro atoms. The molecule has 2 fully saturated rings. The van der Waals surface area contributed by atoms with Crippen molar-refractivity contribution >= 4 is 29.6 Å². The lowest BCUT2D eigenvalue weighted by molar-refractivity contribution is -0.149. The summed E-state index contributed by atoms with van der Waals surface area (Å²) in [6.45, 7) is 8.82. The molecule has 2 amide bonds. The fourth-order valence-corrected chi connectivity index (χ4v) is 4.47. The summed E-state index contributed by atoms with van der Waals surface area (Å²) in [7, 11) is 1.38. The molecule has 0 N–H and O–H groups in total. The molecule has 0 aliphatic carbocycles. The smallest absolute Gasteiger partial charge is 0.410 e. The maximum atomic E-state index is 13.1. The van der Waals surface area contributed by atoms with Crippen molar-refractivity contribution in [2.24, 2.45) is 5.92 Å². The van der Waals surface area contributed by atoms with E-state index in [9.17, 15) is 14.4 Å². The Morgan fingerprint density at radius 1 is 0.939 bits per heavy atom. The molecule has 33 heavy (non-hydrogen) atoms. The van der Waals surface area contributed by atoms with E-state index < -0.39 is 11.6 Å². The highest BCUT2D eigenvalue weighted by Gasteiger charge is 2.36. The first-order valence-electron chi connectivity index (χ1n) is 11.4. The van der Waals surface area contributed by atoms with Crippen LogP contribution in [0, 0.1) is 5.92 Å². The molecule has 1 unspecified atom stereocenters. The van der Waals surface area contributed by atoms with E-state index in [4.69, 9.17) is 21.1 Å². The average Bonchev–Trinajstić information content (AvgIpc) is 2.79. The van der Waals surface area contributed by atoms with Crippen molar-refractivity contribution in [2.75, 3.05) is 46.4 Å². The molecule has 0 saturated carbocycles. The minimum atomic E-state index is -0.530. The number of hydrogen-bond donors (Lipinski definition) is 0. The fourth-order valence-electron chi connectivity index (χ4n) is 4.35. The number of carbonyl (C=O) groups is 3. The van der Waals surface area contributed by atoms with E-state index in [1.807, 2.05) is 42.7 Å². The Balaban J connectivity index is 1.54. The second kappa shape index (κ2) is 10.7. The first-order chi connectivity index (χ1) is 15.6. The van der Waals surface area contributed by atoms with Crippen LogP contribution in [0.15, 0.2) is 24.3 Å². The summed E-state index contributed by atoms with van der Waals surface area (Å²) >= 11 is 6.00. The molecule has 2 heterocycles. The molecule has 2 aliphatic rings. The number of piperidine rings is 1. The van der Waals surface area contributed by atoms with Gasteiger partial charge in [0.25, 0.3) is 0 Å². The van der Waals surface area contributed by atoms with Crippen LogP contribution in [0.3, 0.4) is 0 Å². The zero-order valence-electron chi connectivity index (χ0n) is 19.9. The third-order valence-electron chi connectivity index (χ3n) is 6.10. The summed E-state index contributed by atoms with van der Waals surface area (Å²) in [4.78, 5) is 43.5. The van der Waals surface area contributed by atoms with Crippen LogP contribution in [-0.2, 0) is 19.1 Å².